The molecule has 39 heavy (non-hydrogen) atoms. The van der Waals surface area contributed by atoms with E-state index in [1.807, 2.05) is 7.11 Å². The second-order valence-electron chi connectivity index (χ2n) is 12.5. The summed E-state index contributed by atoms with van der Waals surface area (Å²) in [6.07, 6.45) is 2.30. The Kier molecular flexibility index (Phi) is 7.71. The van der Waals surface area contributed by atoms with Crippen molar-refractivity contribution >= 4 is 0 Å². The predicted octanol–water partition coefficient (Wildman–Crippen LogP) is -3.20. The van der Waals surface area contributed by atoms with Gasteiger partial charge >= 0.3 is 0 Å². The molecule has 13 atom stereocenters. The fourth-order valence-corrected chi connectivity index (χ4v) is 11.3. The minimum atomic E-state index is -4.69. The van der Waals surface area contributed by atoms with Gasteiger partial charge in [0.15, 0.2) is 0 Å². The van der Waals surface area contributed by atoms with Gasteiger partial charge < -0.3 is 33.9 Å². The highest BCUT2D eigenvalue weighted by Crippen LogP contribution is 2.80. The molecule has 7 bridgehead atoms. The number of likely N-dealkylation sites (tertiary alicyclic amines) is 1. The third kappa shape index (κ3) is 3.68. The van der Waals surface area contributed by atoms with Crippen molar-refractivity contribution in [1.29, 1.82) is 0 Å². The van der Waals surface area contributed by atoms with Gasteiger partial charge in [0.05, 0.1) is 52.0 Å². The van der Waals surface area contributed by atoms with E-state index in [4.69, 9.17) is 42.3 Å². The molecule has 1 spiro atoms. The Morgan fingerprint density at radius 3 is 2.18 bits per heavy atom. The molecule has 6 rings (SSSR count). The number of methoxy groups -OCH3 is 5. The number of hydrogen-bond acceptors (Lipinski definition) is 12. The van der Waals surface area contributed by atoms with Crippen LogP contribution in [-0.2, 0) is 23.7 Å². The molecule has 2 unspecified atom stereocenters. The van der Waals surface area contributed by atoms with Crippen molar-refractivity contribution in [2.45, 2.75) is 74.3 Å². The molecule has 0 radical (unpaired) electrons. The summed E-state index contributed by atoms with van der Waals surface area (Å²) in [5, 5.41) is 25.9. The van der Waals surface area contributed by atoms with E-state index in [0.29, 0.717) is 13.0 Å². The summed E-state index contributed by atoms with van der Waals surface area (Å²) in [7, 11) is 4.07. The smallest absolute Gasteiger partial charge is 0.136 e. The Labute approximate surface area is 231 Å². The zero-order valence-corrected chi connectivity index (χ0v) is 24.3. The van der Waals surface area contributed by atoms with Gasteiger partial charge in [0.2, 0.25) is 0 Å². The third-order valence-electron chi connectivity index (χ3n) is 11.7. The average molecular weight is 582 g/mol. The zero-order valence-electron chi connectivity index (χ0n) is 23.6. The molecule has 13 heteroatoms. The standard InChI is InChI=1S/C26H43NO7.ClHO4/c1-7-27-12-23(13-30-2)9-8-17(32-4)25-15-10-14-16(31-3)11-24(28,18(15)19(14)33-5)26(29,22(25)27)21(34-6)20(23)25;2-1(3,4)5/h14-22,28-29H,7-13H2,1-6H3;(H,2,3,4,5)/t14-,15-,16+,17+,18-,19+,20-,21+,22?,23+,24-,25+,26?;/m1./s1. The minimum absolute atomic E-state index is 0.0262. The minimum Gasteiger partial charge on any atom is -0.386 e. The van der Waals surface area contributed by atoms with Crippen molar-refractivity contribution in [3.8, 4) is 0 Å². The Bertz CT molecular complexity index is 919. The first kappa shape index (κ1) is 30.3. The van der Waals surface area contributed by atoms with Gasteiger partial charge in [-0.25, -0.2) is 0 Å². The Morgan fingerprint density at radius 2 is 1.67 bits per heavy atom. The summed E-state index contributed by atoms with van der Waals surface area (Å²) in [5.41, 5.74) is -3.38. The van der Waals surface area contributed by atoms with Gasteiger partial charge in [0.1, 0.15) is 11.2 Å². The second kappa shape index (κ2) is 9.94. The first-order valence-corrected chi connectivity index (χ1v) is 15.0. The molecular formula is C26H44ClNO11. The SMILES string of the molecule is CCN1C[C@]2(COC)CC[C@H](OC)[C@]34C1C(O)([C@@H](OC)[C@H]23)[C@@]1(O)C[C@H](OC)[C@H]2C[C@@H]4[C@@H]1[C@H]2OC.[O-][Cl+3]([O-])([O-])O. The number of piperidine rings is 1. The van der Waals surface area contributed by atoms with Crippen LogP contribution in [0.5, 0.6) is 0 Å². The van der Waals surface area contributed by atoms with Crippen LogP contribution >= 0.6 is 0 Å². The molecule has 3 N–H and O–H groups in total. The highest BCUT2D eigenvalue weighted by molar-refractivity contribution is 5.41. The van der Waals surface area contributed by atoms with Crippen molar-refractivity contribution < 1.29 is 62.8 Å². The quantitative estimate of drug-likeness (QED) is 0.274. The maximum Gasteiger partial charge on any atom is 0.136 e. The molecule has 0 aromatic carbocycles. The van der Waals surface area contributed by atoms with Crippen LogP contribution in [0.1, 0.15) is 32.6 Å². The van der Waals surface area contributed by atoms with Gasteiger partial charge in [-0.2, -0.15) is 14.0 Å². The Hall–Kier alpha value is -0.190. The van der Waals surface area contributed by atoms with Crippen LogP contribution in [-0.4, -0.2) is 117 Å². The van der Waals surface area contributed by atoms with Crippen LogP contribution in [0, 0.1) is 44.7 Å². The van der Waals surface area contributed by atoms with E-state index >= 15 is 0 Å². The van der Waals surface area contributed by atoms with Crippen molar-refractivity contribution in [2.75, 3.05) is 55.2 Å². The number of aliphatic hydroxyl groups is 2. The van der Waals surface area contributed by atoms with E-state index in [1.165, 1.54) is 0 Å². The van der Waals surface area contributed by atoms with Crippen molar-refractivity contribution in [3.63, 3.8) is 0 Å². The Morgan fingerprint density at radius 1 is 1.00 bits per heavy atom. The first-order chi connectivity index (χ1) is 18.3. The van der Waals surface area contributed by atoms with Gasteiger partial charge in [-0.05, 0) is 31.7 Å². The zero-order chi connectivity index (χ0) is 28.8. The van der Waals surface area contributed by atoms with Gasteiger partial charge in [0, 0.05) is 77.1 Å². The topological polar surface area (TPSA) is 179 Å². The summed E-state index contributed by atoms with van der Waals surface area (Å²) in [6, 6.07) is -0.256. The van der Waals surface area contributed by atoms with Crippen molar-refractivity contribution in [1.82, 2.24) is 4.90 Å². The molecule has 0 aromatic rings. The molecule has 5 aliphatic carbocycles. The third-order valence-corrected chi connectivity index (χ3v) is 11.7. The van der Waals surface area contributed by atoms with E-state index in [-0.39, 0.29) is 58.9 Å². The Balaban J connectivity index is 0.000000567. The lowest BCUT2D eigenvalue weighted by atomic mass is 9.42. The molecular weight excluding hydrogens is 538 g/mol. The van der Waals surface area contributed by atoms with Gasteiger partial charge in [-0.15, -0.1) is 0 Å². The van der Waals surface area contributed by atoms with Crippen LogP contribution < -0.4 is 14.0 Å². The summed E-state index contributed by atoms with van der Waals surface area (Å²) >= 11 is 0. The van der Waals surface area contributed by atoms with Gasteiger partial charge in [-0.1, -0.05) is 6.92 Å². The van der Waals surface area contributed by atoms with E-state index in [2.05, 4.69) is 11.8 Å². The monoisotopic (exact) mass is 581 g/mol. The van der Waals surface area contributed by atoms with Crippen LogP contribution in [0.25, 0.3) is 0 Å². The fourth-order valence-electron chi connectivity index (χ4n) is 11.3. The number of rotatable bonds is 7. The predicted molar refractivity (Wildman–Crippen MR) is 126 cm³/mol. The number of halogens is 1. The van der Waals surface area contributed by atoms with E-state index < -0.39 is 27.5 Å². The van der Waals surface area contributed by atoms with Gasteiger partial charge in [0.25, 0.3) is 0 Å². The van der Waals surface area contributed by atoms with Crippen LogP contribution in [0.4, 0.5) is 0 Å². The summed E-state index contributed by atoms with van der Waals surface area (Å²) in [5.74, 6) is 0.165. The molecule has 6 aliphatic rings. The van der Waals surface area contributed by atoms with Gasteiger partial charge in [-0.3, -0.25) is 4.90 Å². The summed E-state index contributed by atoms with van der Waals surface area (Å²) < 4.78 is 63.4. The lowest BCUT2D eigenvalue weighted by molar-refractivity contribution is -1.92. The molecule has 1 heterocycles. The molecule has 1 aliphatic heterocycles. The van der Waals surface area contributed by atoms with Crippen molar-refractivity contribution in [2.24, 2.45) is 34.5 Å². The lowest BCUT2D eigenvalue weighted by Gasteiger charge is -2.70. The van der Waals surface area contributed by atoms with Crippen LogP contribution in [0.3, 0.4) is 0 Å². The maximum absolute atomic E-state index is 13.1. The fraction of sp³-hybridized carbons (Fsp3) is 1.00. The number of fused-ring (bicyclic) bond motifs is 2. The molecule has 0 amide bonds. The lowest BCUT2D eigenvalue weighted by Crippen LogP contribution is -2.82. The molecule has 5 saturated carbocycles. The molecule has 0 aromatic heterocycles. The molecule has 12 nitrogen and oxygen atoms in total. The normalized spacial score (nSPS) is 53.4. The van der Waals surface area contributed by atoms with E-state index in [0.717, 1.165) is 32.4 Å². The van der Waals surface area contributed by atoms with E-state index in [9.17, 15) is 10.2 Å². The molecule has 226 valence electrons. The number of hydrogen-bond donors (Lipinski definition) is 3. The summed E-state index contributed by atoms with van der Waals surface area (Å²) in [6.45, 7) is 4.41. The maximum atomic E-state index is 13.1. The molecule has 1 saturated heterocycles. The highest BCUT2D eigenvalue weighted by Gasteiger charge is 2.91. The largest absolute Gasteiger partial charge is 0.386 e. The second-order valence-corrected chi connectivity index (χ2v) is 13.3. The van der Waals surface area contributed by atoms with Crippen LogP contribution in [0.15, 0.2) is 0 Å². The van der Waals surface area contributed by atoms with Crippen LogP contribution in [0.2, 0.25) is 0 Å². The van der Waals surface area contributed by atoms with Crippen molar-refractivity contribution in [3.05, 3.63) is 0 Å². The first-order valence-electron chi connectivity index (χ1n) is 13.7. The number of nitrogens with zero attached hydrogens (tertiary/aromatic N) is 1. The highest BCUT2D eigenvalue weighted by atomic mass is 35.7. The average Bonchev–Trinajstić information content (AvgIpc) is 3.28. The molecule has 6 fully saturated rings. The number of ether oxygens (including phenoxy) is 5. The summed E-state index contributed by atoms with van der Waals surface area (Å²) in [4.78, 5) is 2.43. The number of likely N-dealkylation sites (N-methyl/N-ethyl adjacent to an activating group) is 1. The van der Waals surface area contributed by atoms with E-state index in [1.54, 1.807) is 28.4 Å².